The summed E-state index contributed by atoms with van der Waals surface area (Å²) < 4.78 is 37.5. The maximum absolute atomic E-state index is 12.5. The Morgan fingerprint density at radius 2 is 1.76 bits per heavy atom. The van der Waals surface area contributed by atoms with Gasteiger partial charge in [0, 0.05) is 0 Å². The molecule has 1 aliphatic rings. The predicted molar refractivity (Wildman–Crippen MR) is 70.7 cm³/mol. The SMILES string of the molecule is CC(C)CC1NC(=O)N(c2ccc(C(F)(F)F)cc2)C1=O. The van der Waals surface area contributed by atoms with Crippen LogP contribution in [0, 0.1) is 5.92 Å². The number of benzene rings is 1. The Morgan fingerprint density at radius 3 is 2.24 bits per heavy atom. The zero-order chi connectivity index (χ0) is 15.8. The van der Waals surface area contributed by atoms with E-state index in [4.69, 9.17) is 0 Å². The second kappa shape index (κ2) is 5.38. The number of halogens is 3. The number of imide groups is 1. The van der Waals surface area contributed by atoms with Gasteiger partial charge < -0.3 is 5.32 Å². The standard InChI is InChI=1S/C14H15F3N2O2/c1-8(2)7-11-12(20)19(13(21)18-11)10-5-3-9(4-6-10)14(15,16)17/h3-6,8,11H,7H2,1-2H3,(H,18,21). The lowest BCUT2D eigenvalue weighted by Crippen LogP contribution is -2.31. The van der Waals surface area contributed by atoms with Crippen LogP contribution in [0.4, 0.5) is 23.7 Å². The third-order valence-electron chi connectivity index (χ3n) is 3.18. The quantitative estimate of drug-likeness (QED) is 0.872. The van der Waals surface area contributed by atoms with Crippen LogP contribution in [-0.2, 0) is 11.0 Å². The molecule has 0 radical (unpaired) electrons. The van der Waals surface area contributed by atoms with Crippen molar-refractivity contribution in [1.82, 2.24) is 5.32 Å². The van der Waals surface area contributed by atoms with Gasteiger partial charge in [0.15, 0.2) is 0 Å². The molecule has 1 aliphatic heterocycles. The topological polar surface area (TPSA) is 49.4 Å². The molecule has 3 amide bonds. The lowest BCUT2D eigenvalue weighted by molar-refractivity contribution is -0.137. The van der Waals surface area contributed by atoms with Crippen LogP contribution < -0.4 is 10.2 Å². The van der Waals surface area contributed by atoms with Crippen molar-refractivity contribution >= 4 is 17.6 Å². The van der Waals surface area contributed by atoms with Gasteiger partial charge in [0.1, 0.15) is 6.04 Å². The molecule has 1 atom stereocenters. The maximum Gasteiger partial charge on any atom is 0.416 e. The fraction of sp³-hybridized carbons (Fsp3) is 0.429. The van der Waals surface area contributed by atoms with E-state index >= 15 is 0 Å². The highest BCUT2D eigenvalue weighted by Crippen LogP contribution is 2.31. The van der Waals surface area contributed by atoms with Crippen molar-refractivity contribution in [2.24, 2.45) is 5.92 Å². The number of amides is 3. The Labute approximate surface area is 119 Å². The molecular formula is C14H15F3N2O2. The van der Waals surface area contributed by atoms with E-state index < -0.39 is 29.7 Å². The zero-order valence-electron chi connectivity index (χ0n) is 11.6. The average Bonchev–Trinajstić information content (AvgIpc) is 2.63. The molecule has 4 nitrogen and oxygen atoms in total. The van der Waals surface area contributed by atoms with Crippen molar-refractivity contribution < 1.29 is 22.8 Å². The number of carbonyl (C=O) groups excluding carboxylic acids is 2. The third kappa shape index (κ3) is 3.17. The minimum atomic E-state index is -4.45. The summed E-state index contributed by atoms with van der Waals surface area (Å²) in [4.78, 5) is 24.9. The molecule has 1 unspecified atom stereocenters. The minimum absolute atomic E-state index is 0.136. The summed E-state index contributed by atoms with van der Waals surface area (Å²) in [5, 5.41) is 2.54. The zero-order valence-corrected chi connectivity index (χ0v) is 11.6. The molecule has 1 aromatic carbocycles. The van der Waals surface area contributed by atoms with Crippen molar-refractivity contribution in [2.45, 2.75) is 32.5 Å². The van der Waals surface area contributed by atoms with Crippen LogP contribution in [0.1, 0.15) is 25.8 Å². The van der Waals surface area contributed by atoms with Gasteiger partial charge in [-0.3, -0.25) is 4.79 Å². The Bertz CT molecular complexity index is 552. The second-order valence-electron chi connectivity index (χ2n) is 5.35. The molecule has 1 fully saturated rings. The second-order valence-corrected chi connectivity index (χ2v) is 5.35. The van der Waals surface area contributed by atoms with Crippen LogP contribution in [0.25, 0.3) is 0 Å². The van der Waals surface area contributed by atoms with Crippen LogP contribution in [-0.4, -0.2) is 18.0 Å². The molecule has 1 saturated heterocycles. The largest absolute Gasteiger partial charge is 0.416 e. The summed E-state index contributed by atoms with van der Waals surface area (Å²) in [7, 11) is 0. The number of alkyl halides is 3. The smallest absolute Gasteiger partial charge is 0.325 e. The van der Waals surface area contributed by atoms with E-state index in [0.29, 0.717) is 6.42 Å². The molecule has 7 heteroatoms. The van der Waals surface area contributed by atoms with Crippen molar-refractivity contribution in [3.63, 3.8) is 0 Å². The first-order valence-electron chi connectivity index (χ1n) is 6.52. The minimum Gasteiger partial charge on any atom is -0.325 e. The van der Waals surface area contributed by atoms with E-state index in [1.165, 1.54) is 0 Å². The number of carbonyl (C=O) groups is 2. The number of urea groups is 1. The third-order valence-corrected chi connectivity index (χ3v) is 3.18. The monoisotopic (exact) mass is 300 g/mol. The molecule has 0 aliphatic carbocycles. The molecule has 21 heavy (non-hydrogen) atoms. The molecule has 0 spiro atoms. The average molecular weight is 300 g/mol. The van der Waals surface area contributed by atoms with E-state index in [1.54, 1.807) is 0 Å². The molecule has 0 aromatic heterocycles. The summed E-state index contributed by atoms with van der Waals surface area (Å²) in [6, 6.07) is 2.72. The Hall–Kier alpha value is -2.05. The van der Waals surface area contributed by atoms with Crippen LogP contribution >= 0.6 is 0 Å². The fourth-order valence-corrected chi connectivity index (χ4v) is 2.21. The number of anilines is 1. The summed E-state index contributed by atoms with van der Waals surface area (Å²) in [6.07, 6.45) is -3.96. The van der Waals surface area contributed by atoms with Crippen molar-refractivity contribution in [3.05, 3.63) is 29.8 Å². The maximum atomic E-state index is 12.5. The number of nitrogens with zero attached hydrogens (tertiary/aromatic N) is 1. The van der Waals surface area contributed by atoms with E-state index in [-0.39, 0.29) is 11.6 Å². The van der Waals surface area contributed by atoms with Gasteiger partial charge in [-0.05, 0) is 36.6 Å². The number of rotatable bonds is 3. The highest BCUT2D eigenvalue weighted by atomic mass is 19.4. The molecule has 1 aromatic rings. The predicted octanol–water partition coefficient (Wildman–Crippen LogP) is 3.18. The van der Waals surface area contributed by atoms with Gasteiger partial charge in [0.25, 0.3) is 5.91 Å². The Kier molecular flexibility index (Phi) is 3.93. The van der Waals surface area contributed by atoms with Gasteiger partial charge in [-0.15, -0.1) is 0 Å². The van der Waals surface area contributed by atoms with Crippen LogP contribution in [0.15, 0.2) is 24.3 Å². The van der Waals surface area contributed by atoms with Crippen LogP contribution in [0.3, 0.4) is 0 Å². The molecule has 2 rings (SSSR count). The summed E-state index contributed by atoms with van der Waals surface area (Å²) >= 11 is 0. The first kappa shape index (κ1) is 15.3. The summed E-state index contributed by atoms with van der Waals surface area (Å²) in [5.74, 6) is -0.222. The Balaban J connectivity index is 2.22. The van der Waals surface area contributed by atoms with Gasteiger partial charge >= 0.3 is 12.2 Å². The normalized spacial score (nSPS) is 19.3. The lowest BCUT2D eigenvalue weighted by Gasteiger charge is -2.15. The first-order chi connectivity index (χ1) is 9.70. The molecule has 114 valence electrons. The number of nitrogens with one attached hydrogen (secondary N) is 1. The molecule has 0 bridgehead atoms. The van der Waals surface area contributed by atoms with E-state index in [0.717, 1.165) is 29.2 Å². The molecule has 1 heterocycles. The van der Waals surface area contributed by atoms with Crippen molar-refractivity contribution in [2.75, 3.05) is 4.90 Å². The highest BCUT2D eigenvalue weighted by molar-refractivity contribution is 6.21. The van der Waals surface area contributed by atoms with E-state index in [9.17, 15) is 22.8 Å². The van der Waals surface area contributed by atoms with Crippen molar-refractivity contribution in [1.29, 1.82) is 0 Å². The summed E-state index contributed by atoms with van der Waals surface area (Å²) in [6.45, 7) is 3.83. The van der Waals surface area contributed by atoms with Gasteiger partial charge in [-0.2, -0.15) is 13.2 Å². The number of hydrogen-bond donors (Lipinski definition) is 1. The molecule has 1 N–H and O–H groups in total. The van der Waals surface area contributed by atoms with Crippen LogP contribution in [0.5, 0.6) is 0 Å². The number of hydrogen-bond acceptors (Lipinski definition) is 2. The Morgan fingerprint density at radius 1 is 1.19 bits per heavy atom. The van der Waals surface area contributed by atoms with Crippen molar-refractivity contribution in [3.8, 4) is 0 Å². The van der Waals surface area contributed by atoms with Gasteiger partial charge in [-0.1, -0.05) is 13.8 Å². The first-order valence-corrected chi connectivity index (χ1v) is 6.52. The highest BCUT2D eigenvalue weighted by Gasteiger charge is 2.39. The fourth-order valence-electron chi connectivity index (χ4n) is 2.21. The molecule has 0 saturated carbocycles. The van der Waals surface area contributed by atoms with Gasteiger partial charge in [0.05, 0.1) is 11.3 Å². The summed E-state index contributed by atoms with van der Waals surface area (Å²) in [5.41, 5.74) is -0.686. The van der Waals surface area contributed by atoms with E-state index in [1.807, 2.05) is 13.8 Å². The molecular weight excluding hydrogens is 285 g/mol. The van der Waals surface area contributed by atoms with Gasteiger partial charge in [-0.25, -0.2) is 9.69 Å². The van der Waals surface area contributed by atoms with E-state index in [2.05, 4.69) is 5.32 Å². The lowest BCUT2D eigenvalue weighted by atomic mass is 10.0. The van der Waals surface area contributed by atoms with Crippen LogP contribution in [0.2, 0.25) is 0 Å². The van der Waals surface area contributed by atoms with Gasteiger partial charge in [0.2, 0.25) is 0 Å².